The first-order valence-electron chi connectivity index (χ1n) is 11.4. The molecular formula is C27H29FN2O2S2. The van der Waals surface area contributed by atoms with Crippen LogP contribution in [0.4, 0.5) is 15.8 Å². The predicted octanol–water partition coefficient (Wildman–Crippen LogP) is 7.56. The van der Waals surface area contributed by atoms with Crippen LogP contribution < -0.4 is 4.90 Å². The molecule has 0 bridgehead atoms. The average molecular weight is 497 g/mol. The Morgan fingerprint density at radius 1 is 1.15 bits per heavy atom. The highest BCUT2D eigenvalue weighted by Crippen LogP contribution is 2.46. The van der Waals surface area contributed by atoms with Crippen LogP contribution >= 0.6 is 23.7 Å². The molecule has 1 aliphatic heterocycles. The molecule has 0 radical (unpaired) electrons. The Balaban J connectivity index is 1.88. The van der Waals surface area contributed by atoms with Crippen molar-refractivity contribution in [2.75, 3.05) is 24.7 Å². The minimum atomic E-state index is -1.06. The molecule has 178 valence electrons. The molecule has 3 aromatic carbocycles. The lowest BCUT2D eigenvalue weighted by atomic mass is 10.0. The van der Waals surface area contributed by atoms with E-state index in [1.165, 1.54) is 18.2 Å². The number of hydrogen-bond donors (Lipinski definition) is 1. The molecule has 0 aromatic heterocycles. The number of unbranched alkanes of at least 4 members (excludes halogenated alkanes) is 1. The van der Waals surface area contributed by atoms with Crippen molar-refractivity contribution < 1.29 is 14.3 Å². The normalized spacial score (nSPS) is 16.2. The fourth-order valence-electron chi connectivity index (χ4n) is 4.30. The molecule has 7 heteroatoms. The fourth-order valence-corrected chi connectivity index (χ4v) is 5.98. The molecule has 0 saturated heterocycles. The molecular weight excluding hydrogens is 467 g/mol. The summed E-state index contributed by atoms with van der Waals surface area (Å²) < 4.78 is 17.2. The molecule has 1 atom stereocenters. The molecule has 4 nitrogen and oxygen atoms in total. The number of carbonyl (C=O) groups is 1. The zero-order chi connectivity index (χ0) is 24.2. The van der Waals surface area contributed by atoms with Crippen molar-refractivity contribution in [2.24, 2.45) is 0 Å². The predicted molar refractivity (Wildman–Crippen MR) is 141 cm³/mol. The highest BCUT2D eigenvalue weighted by Gasteiger charge is 2.29. The van der Waals surface area contributed by atoms with Gasteiger partial charge in [-0.05, 0) is 79.7 Å². The molecule has 0 aliphatic carbocycles. The molecule has 34 heavy (non-hydrogen) atoms. The van der Waals surface area contributed by atoms with Gasteiger partial charge in [0.05, 0.1) is 11.3 Å². The lowest BCUT2D eigenvalue weighted by Crippen LogP contribution is -2.35. The van der Waals surface area contributed by atoms with Gasteiger partial charge in [-0.25, -0.2) is 13.5 Å². The molecule has 3 aromatic rings. The summed E-state index contributed by atoms with van der Waals surface area (Å²) in [5.74, 6) is -1.49. The Hall–Kier alpha value is -2.48. The highest BCUT2D eigenvalue weighted by molar-refractivity contribution is 7.98. The van der Waals surface area contributed by atoms with E-state index < -0.39 is 11.8 Å². The van der Waals surface area contributed by atoms with E-state index >= 15 is 0 Å². The number of aromatic carboxylic acids is 1. The summed E-state index contributed by atoms with van der Waals surface area (Å²) in [6, 6.07) is 18.8. The second kappa shape index (κ2) is 10.8. The van der Waals surface area contributed by atoms with Gasteiger partial charge in [-0.2, -0.15) is 0 Å². The van der Waals surface area contributed by atoms with E-state index in [0.29, 0.717) is 17.2 Å². The van der Waals surface area contributed by atoms with Crippen molar-refractivity contribution >= 4 is 41.1 Å². The number of likely N-dealkylation sites (N-methyl/N-ethyl adjacent to an activating group) is 1. The van der Waals surface area contributed by atoms with E-state index in [1.54, 1.807) is 23.7 Å². The number of nitrogens with zero attached hydrogens (tertiary/aromatic N) is 2. The van der Waals surface area contributed by atoms with Gasteiger partial charge >= 0.3 is 5.97 Å². The summed E-state index contributed by atoms with van der Waals surface area (Å²) in [7, 11) is 2.12. The van der Waals surface area contributed by atoms with Crippen LogP contribution in [0.2, 0.25) is 0 Å². The van der Waals surface area contributed by atoms with E-state index in [1.807, 2.05) is 18.4 Å². The van der Waals surface area contributed by atoms with Crippen LogP contribution in [0.5, 0.6) is 0 Å². The van der Waals surface area contributed by atoms with E-state index in [-0.39, 0.29) is 5.56 Å². The number of rotatable bonds is 7. The quantitative estimate of drug-likeness (QED) is 0.269. The van der Waals surface area contributed by atoms with Crippen LogP contribution in [0, 0.1) is 5.82 Å². The topological polar surface area (TPSA) is 43.8 Å². The third-order valence-corrected chi connectivity index (χ3v) is 8.07. The second-order valence-corrected chi connectivity index (χ2v) is 10.4. The maximum Gasteiger partial charge on any atom is 0.335 e. The van der Waals surface area contributed by atoms with Gasteiger partial charge in [0, 0.05) is 33.6 Å². The van der Waals surface area contributed by atoms with Crippen LogP contribution in [0.15, 0.2) is 70.5 Å². The smallest absolute Gasteiger partial charge is 0.335 e. The summed E-state index contributed by atoms with van der Waals surface area (Å²) in [4.78, 5) is 15.8. The van der Waals surface area contributed by atoms with Crippen LogP contribution in [0.3, 0.4) is 0 Å². The van der Waals surface area contributed by atoms with Crippen molar-refractivity contribution in [2.45, 2.75) is 42.0 Å². The molecule has 1 N–H and O–H groups in total. The van der Waals surface area contributed by atoms with Crippen LogP contribution in [0.1, 0.15) is 36.5 Å². The third-order valence-electron chi connectivity index (χ3n) is 6.18. The molecule has 0 fully saturated rings. The summed E-state index contributed by atoms with van der Waals surface area (Å²) in [6.45, 7) is 3.07. The van der Waals surface area contributed by atoms with Crippen LogP contribution in [-0.4, -0.2) is 41.3 Å². The first kappa shape index (κ1) is 24.6. The molecule has 1 heterocycles. The number of para-hydroxylation sites is 1. The van der Waals surface area contributed by atoms with E-state index in [2.05, 4.69) is 53.5 Å². The van der Waals surface area contributed by atoms with Gasteiger partial charge in [0.15, 0.2) is 0 Å². The Bertz CT molecular complexity index is 1170. The fraction of sp³-hybridized carbons (Fsp3) is 0.296. The van der Waals surface area contributed by atoms with Gasteiger partial charge in [0.25, 0.3) is 0 Å². The van der Waals surface area contributed by atoms with Crippen LogP contribution in [0.25, 0.3) is 11.1 Å². The van der Waals surface area contributed by atoms with Gasteiger partial charge in [0.2, 0.25) is 0 Å². The number of fused-ring (bicyclic) bond motifs is 1. The van der Waals surface area contributed by atoms with Gasteiger partial charge < -0.3 is 10.0 Å². The van der Waals surface area contributed by atoms with Gasteiger partial charge in [0.1, 0.15) is 5.82 Å². The van der Waals surface area contributed by atoms with Crippen molar-refractivity contribution in [3.63, 3.8) is 0 Å². The molecule has 0 amide bonds. The maximum atomic E-state index is 14.9. The number of hydrogen-bond acceptors (Lipinski definition) is 5. The molecule has 0 saturated carbocycles. The minimum Gasteiger partial charge on any atom is -0.478 e. The SMILES string of the molecule is CCCCC1CN(c2ccccc2)c2cc(SC)c(-c3cc(C(=O)O)ccc3F)cc2SN1C. The molecule has 0 spiro atoms. The van der Waals surface area contributed by atoms with Gasteiger partial charge in [-0.15, -0.1) is 11.8 Å². The number of anilines is 2. The number of halogens is 1. The Morgan fingerprint density at radius 2 is 1.91 bits per heavy atom. The summed E-state index contributed by atoms with van der Waals surface area (Å²) in [5.41, 5.74) is 3.32. The van der Waals surface area contributed by atoms with Gasteiger partial charge in [-0.3, -0.25) is 0 Å². The first-order valence-corrected chi connectivity index (χ1v) is 13.4. The largest absolute Gasteiger partial charge is 0.478 e. The summed E-state index contributed by atoms with van der Waals surface area (Å²) in [5, 5.41) is 9.45. The van der Waals surface area contributed by atoms with Crippen LogP contribution in [-0.2, 0) is 0 Å². The highest BCUT2D eigenvalue weighted by atomic mass is 32.2. The first-order chi connectivity index (χ1) is 16.4. The third kappa shape index (κ3) is 5.11. The second-order valence-electron chi connectivity index (χ2n) is 8.40. The Labute approximate surface area is 209 Å². The van der Waals surface area contributed by atoms with Crippen molar-refractivity contribution in [1.82, 2.24) is 4.31 Å². The molecule has 4 rings (SSSR count). The summed E-state index contributed by atoms with van der Waals surface area (Å²) in [6.07, 6.45) is 5.36. The number of benzene rings is 3. The average Bonchev–Trinajstić information content (AvgIpc) is 2.98. The van der Waals surface area contributed by atoms with Crippen molar-refractivity contribution in [1.29, 1.82) is 0 Å². The Morgan fingerprint density at radius 3 is 2.59 bits per heavy atom. The monoisotopic (exact) mass is 496 g/mol. The lowest BCUT2D eigenvalue weighted by molar-refractivity contribution is 0.0697. The molecule has 1 aliphatic rings. The van der Waals surface area contributed by atoms with E-state index in [0.717, 1.165) is 47.0 Å². The number of carboxylic acids is 1. The zero-order valence-electron chi connectivity index (χ0n) is 19.6. The minimum absolute atomic E-state index is 0.0775. The van der Waals surface area contributed by atoms with Crippen molar-refractivity contribution in [3.8, 4) is 11.1 Å². The van der Waals surface area contributed by atoms with E-state index in [4.69, 9.17) is 0 Å². The zero-order valence-corrected chi connectivity index (χ0v) is 21.3. The van der Waals surface area contributed by atoms with E-state index in [9.17, 15) is 14.3 Å². The number of thioether (sulfide) groups is 1. The lowest BCUT2D eigenvalue weighted by Gasteiger charge is -2.30. The van der Waals surface area contributed by atoms with Gasteiger partial charge in [-0.1, -0.05) is 38.0 Å². The maximum absolute atomic E-state index is 14.9. The summed E-state index contributed by atoms with van der Waals surface area (Å²) >= 11 is 3.22. The Kier molecular flexibility index (Phi) is 7.86. The van der Waals surface area contributed by atoms with Crippen molar-refractivity contribution in [3.05, 3.63) is 72.0 Å². The standard InChI is InChI=1S/C27H29FN2O2S2/c1-4-5-9-20-17-30(19-10-7-6-8-11-19)24-16-25(33-3)22(15-26(24)34-29(20)2)21-14-18(27(31)32)12-13-23(21)28/h6-8,10-16,20H,4-5,9,17H2,1-3H3,(H,31,32). The number of carboxylic acid groups (broad SMARTS) is 1. The molecule has 1 unspecified atom stereocenters.